The molecule has 0 atom stereocenters. The minimum Gasteiger partial charge on any atom is -0.496 e. The zero-order valence-corrected chi connectivity index (χ0v) is 17.2. The Morgan fingerprint density at radius 1 is 1.15 bits per heavy atom. The lowest BCUT2D eigenvalue weighted by atomic mass is 10.2. The van der Waals surface area contributed by atoms with Gasteiger partial charge in [-0.2, -0.15) is 0 Å². The van der Waals surface area contributed by atoms with Gasteiger partial charge in [0.2, 0.25) is 0 Å². The molecule has 2 rings (SSSR count). The topological polar surface area (TPSA) is 75.7 Å². The second-order valence-electron chi connectivity index (χ2n) is 5.46. The molecule has 0 unspecified atom stereocenters. The summed E-state index contributed by atoms with van der Waals surface area (Å²) in [6, 6.07) is 11.0. The number of carbonyl (C=O) groups is 1. The van der Waals surface area contributed by atoms with E-state index in [0.717, 1.165) is 0 Å². The summed E-state index contributed by atoms with van der Waals surface area (Å²) >= 11 is 3.28. The van der Waals surface area contributed by atoms with Crippen molar-refractivity contribution in [3.05, 3.63) is 52.5 Å². The third kappa shape index (κ3) is 4.56. The van der Waals surface area contributed by atoms with Crippen LogP contribution < -0.4 is 9.46 Å². The number of amides is 1. The molecule has 2 aromatic rings. The molecule has 0 bridgehead atoms. The summed E-state index contributed by atoms with van der Waals surface area (Å²) in [4.78, 5) is 14.2. The van der Waals surface area contributed by atoms with Crippen molar-refractivity contribution in [2.45, 2.75) is 18.7 Å². The molecule has 0 aliphatic heterocycles. The molecule has 0 spiro atoms. The fraction of sp³-hybridized carbons (Fsp3) is 0.278. The number of hydrogen-bond acceptors (Lipinski definition) is 4. The van der Waals surface area contributed by atoms with E-state index in [1.807, 2.05) is 13.8 Å². The number of nitrogens with zero attached hydrogens (tertiary/aromatic N) is 1. The molecule has 0 aliphatic carbocycles. The molecule has 0 saturated carbocycles. The Hall–Kier alpha value is -2.06. The van der Waals surface area contributed by atoms with Crippen molar-refractivity contribution >= 4 is 37.5 Å². The zero-order chi connectivity index (χ0) is 19.3. The van der Waals surface area contributed by atoms with Gasteiger partial charge in [0.15, 0.2) is 0 Å². The fourth-order valence-electron chi connectivity index (χ4n) is 2.44. The van der Waals surface area contributed by atoms with Gasteiger partial charge in [-0.05, 0) is 66.2 Å². The van der Waals surface area contributed by atoms with Gasteiger partial charge >= 0.3 is 0 Å². The monoisotopic (exact) mass is 440 g/mol. The van der Waals surface area contributed by atoms with E-state index in [-0.39, 0.29) is 10.8 Å². The van der Waals surface area contributed by atoms with Crippen LogP contribution in [0.15, 0.2) is 51.8 Å². The van der Waals surface area contributed by atoms with Crippen LogP contribution in [-0.4, -0.2) is 39.4 Å². The summed E-state index contributed by atoms with van der Waals surface area (Å²) in [6.45, 7) is 4.97. The van der Waals surface area contributed by atoms with E-state index in [1.165, 1.54) is 25.3 Å². The Balaban J connectivity index is 2.29. The summed E-state index contributed by atoms with van der Waals surface area (Å²) < 4.78 is 33.4. The minimum absolute atomic E-state index is 0.0886. The number of methoxy groups -OCH3 is 1. The van der Waals surface area contributed by atoms with Gasteiger partial charge in [0, 0.05) is 24.3 Å². The SMILES string of the molecule is CCN(CC)C(=O)c1cccc(NS(=O)(=O)c2ccc(OC)c(Br)c2)c1. The van der Waals surface area contributed by atoms with Crippen LogP contribution in [0, 0.1) is 0 Å². The normalized spacial score (nSPS) is 11.1. The first-order chi connectivity index (χ1) is 12.3. The van der Waals surface area contributed by atoms with Gasteiger partial charge in [0.25, 0.3) is 15.9 Å². The fourth-order valence-corrected chi connectivity index (χ4v) is 4.20. The van der Waals surface area contributed by atoms with E-state index in [0.29, 0.717) is 34.6 Å². The van der Waals surface area contributed by atoms with Gasteiger partial charge < -0.3 is 9.64 Å². The van der Waals surface area contributed by atoms with E-state index in [1.54, 1.807) is 29.2 Å². The van der Waals surface area contributed by atoms with Crippen molar-refractivity contribution in [2.75, 3.05) is 24.9 Å². The second-order valence-corrected chi connectivity index (χ2v) is 8.00. The van der Waals surface area contributed by atoms with E-state index < -0.39 is 10.0 Å². The number of halogens is 1. The first-order valence-electron chi connectivity index (χ1n) is 8.08. The van der Waals surface area contributed by atoms with Crippen molar-refractivity contribution < 1.29 is 17.9 Å². The highest BCUT2D eigenvalue weighted by Gasteiger charge is 2.18. The highest BCUT2D eigenvalue weighted by atomic mass is 79.9. The number of hydrogen-bond donors (Lipinski definition) is 1. The molecule has 0 aromatic heterocycles. The number of anilines is 1. The highest BCUT2D eigenvalue weighted by molar-refractivity contribution is 9.10. The van der Waals surface area contributed by atoms with E-state index in [9.17, 15) is 13.2 Å². The average molecular weight is 441 g/mol. The molecular weight excluding hydrogens is 420 g/mol. The van der Waals surface area contributed by atoms with Gasteiger partial charge in [-0.1, -0.05) is 6.07 Å². The lowest BCUT2D eigenvalue weighted by Gasteiger charge is -2.19. The summed E-state index contributed by atoms with van der Waals surface area (Å²) in [5, 5.41) is 0. The standard InChI is InChI=1S/C18H21BrN2O4S/c1-4-21(5-2)18(22)13-7-6-8-14(11-13)20-26(23,24)15-9-10-17(25-3)16(19)12-15/h6-12,20H,4-5H2,1-3H3. The van der Waals surface area contributed by atoms with Gasteiger partial charge in [-0.25, -0.2) is 8.42 Å². The Labute approximate surface area is 162 Å². The van der Waals surface area contributed by atoms with Crippen LogP contribution in [0.5, 0.6) is 5.75 Å². The van der Waals surface area contributed by atoms with Crippen molar-refractivity contribution in [1.29, 1.82) is 0 Å². The van der Waals surface area contributed by atoms with Gasteiger partial charge in [0.1, 0.15) is 5.75 Å². The zero-order valence-electron chi connectivity index (χ0n) is 14.8. The maximum atomic E-state index is 12.6. The Bertz CT molecular complexity index is 896. The maximum Gasteiger partial charge on any atom is 0.261 e. The molecule has 1 N–H and O–H groups in total. The van der Waals surface area contributed by atoms with Crippen molar-refractivity contribution in [3.63, 3.8) is 0 Å². The molecule has 140 valence electrons. The molecule has 2 aromatic carbocycles. The third-order valence-electron chi connectivity index (χ3n) is 3.85. The van der Waals surface area contributed by atoms with Gasteiger partial charge in [0.05, 0.1) is 16.5 Å². The smallest absolute Gasteiger partial charge is 0.261 e. The van der Waals surface area contributed by atoms with Crippen LogP contribution >= 0.6 is 15.9 Å². The van der Waals surface area contributed by atoms with Crippen molar-refractivity contribution in [1.82, 2.24) is 4.90 Å². The van der Waals surface area contributed by atoms with Crippen LogP contribution in [0.1, 0.15) is 24.2 Å². The Morgan fingerprint density at radius 2 is 1.85 bits per heavy atom. The van der Waals surface area contributed by atoms with Crippen LogP contribution in [0.25, 0.3) is 0 Å². The number of rotatable bonds is 7. The summed E-state index contributed by atoms with van der Waals surface area (Å²) in [6.07, 6.45) is 0. The lowest BCUT2D eigenvalue weighted by Crippen LogP contribution is -2.30. The lowest BCUT2D eigenvalue weighted by molar-refractivity contribution is 0.0773. The maximum absolute atomic E-state index is 12.6. The summed E-state index contributed by atoms with van der Waals surface area (Å²) in [7, 11) is -2.29. The first kappa shape index (κ1) is 20.3. The van der Waals surface area contributed by atoms with Crippen LogP contribution in [0.3, 0.4) is 0 Å². The third-order valence-corrected chi connectivity index (χ3v) is 5.84. The quantitative estimate of drug-likeness (QED) is 0.711. The number of benzene rings is 2. The molecule has 0 heterocycles. The molecule has 6 nitrogen and oxygen atoms in total. The minimum atomic E-state index is -3.80. The highest BCUT2D eigenvalue weighted by Crippen LogP contribution is 2.28. The Morgan fingerprint density at radius 3 is 2.42 bits per heavy atom. The average Bonchev–Trinajstić information content (AvgIpc) is 2.62. The Kier molecular flexibility index (Phi) is 6.66. The number of ether oxygens (including phenoxy) is 1. The van der Waals surface area contributed by atoms with Crippen molar-refractivity contribution in [2.24, 2.45) is 0 Å². The van der Waals surface area contributed by atoms with E-state index in [4.69, 9.17) is 4.74 Å². The molecule has 0 fully saturated rings. The van der Waals surface area contributed by atoms with Gasteiger partial charge in [-0.3, -0.25) is 9.52 Å². The molecule has 26 heavy (non-hydrogen) atoms. The largest absolute Gasteiger partial charge is 0.496 e. The summed E-state index contributed by atoms with van der Waals surface area (Å²) in [5.74, 6) is 0.402. The second kappa shape index (κ2) is 8.55. The van der Waals surface area contributed by atoms with Crippen molar-refractivity contribution in [3.8, 4) is 5.75 Å². The van der Waals surface area contributed by atoms with Crippen LogP contribution in [0.4, 0.5) is 5.69 Å². The van der Waals surface area contributed by atoms with E-state index in [2.05, 4.69) is 20.7 Å². The number of nitrogens with one attached hydrogen (secondary N) is 1. The predicted molar refractivity (Wildman–Crippen MR) is 105 cm³/mol. The summed E-state index contributed by atoms with van der Waals surface area (Å²) in [5.41, 5.74) is 0.764. The van der Waals surface area contributed by atoms with Gasteiger partial charge in [-0.15, -0.1) is 0 Å². The first-order valence-corrected chi connectivity index (χ1v) is 10.4. The molecule has 1 amide bonds. The van der Waals surface area contributed by atoms with Crippen LogP contribution in [-0.2, 0) is 10.0 Å². The molecular formula is C18H21BrN2O4S. The number of sulfonamides is 1. The van der Waals surface area contributed by atoms with E-state index >= 15 is 0 Å². The predicted octanol–water partition coefficient (Wildman–Crippen LogP) is 3.74. The molecule has 8 heteroatoms. The molecule has 0 saturated heterocycles. The molecule has 0 radical (unpaired) electrons. The van der Waals surface area contributed by atoms with Crippen LogP contribution in [0.2, 0.25) is 0 Å². The molecule has 0 aliphatic rings. The number of carbonyl (C=O) groups excluding carboxylic acids is 1.